The van der Waals surface area contributed by atoms with Crippen LogP contribution in [0.4, 0.5) is 0 Å². The summed E-state index contributed by atoms with van der Waals surface area (Å²) < 4.78 is 0. The molecule has 1 aliphatic rings. The van der Waals surface area contributed by atoms with Crippen molar-refractivity contribution in [3.8, 4) is 5.75 Å². The lowest BCUT2D eigenvalue weighted by Crippen LogP contribution is -2.36. The number of benzene rings is 1. The second kappa shape index (κ2) is 4.00. The quantitative estimate of drug-likeness (QED) is 0.749. The Balaban J connectivity index is 2.47. The third-order valence-corrected chi connectivity index (χ3v) is 3.18. The van der Waals surface area contributed by atoms with Crippen molar-refractivity contribution in [3.63, 3.8) is 0 Å². The lowest BCUT2D eigenvalue weighted by Gasteiger charge is -2.31. The summed E-state index contributed by atoms with van der Waals surface area (Å²) in [6.07, 6.45) is 5.75. The Hall–Kier alpha value is -1.77. The Labute approximate surface area is 94.0 Å². The first kappa shape index (κ1) is 10.7. The number of aliphatic carboxylic acids is 1. The zero-order chi connectivity index (χ0) is 11.6. The molecule has 1 aliphatic carbocycles. The van der Waals surface area contributed by atoms with Gasteiger partial charge >= 0.3 is 5.97 Å². The number of rotatable bonds is 2. The van der Waals surface area contributed by atoms with Gasteiger partial charge in [0.2, 0.25) is 0 Å². The van der Waals surface area contributed by atoms with Crippen LogP contribution in [0.3, 0.4) is 0 Å². The average Bonchev–Trinajstić information content (AvgIpc) is 2.30. The summed E-state index contributed by atoms with van der Waals surface area (Å²) in [6, 6.07) is 6.56. The SMILES string of the molecule is O=C(O)C1(c2cccc(O)c2)CC=CCC1. The first-order chi connectivity index (χ1) is 7.65. The molecule has 0 saturated heterocycles. The Morgan fingerprint density at radius 3 is 2.69 bits per heavy atom. The van der Waals surface area contributed by atoms with E-state index in [2.05, 4.69) is 0 Å². The van der Waals surface area contributed by atoms with Crippen molar-refractivity contribution >= 4 is 5.97 Å². The van der Waals surface area contributed by atoms with Crippen molar-refractivity contribution in [2.75, 3.05) is 0 Å². The number of aromatic hydroxyl groups is 1. The van der Waals surface area contributed by atoms with Gasteiger partial charge < -0.3 is 10.2 Å². The van der Waals surface area contributed by atoms with Crippen LogP contribution in [-0.2, 0) is 10.2 Å². The van der Waals surface area contributed by atoms with Crippen LogP contribution < -0.4 is 0 Å². The molecule has 3 heteroatoms. The Bertz CT molecular complexity index is 437. The highest BCUT2D eigenvalue weighted by Crippen LogP contribution is 2.37. The number of hydrogen-bond donors (Lipinski definition) is 2. The minimum Gasteiger partial charge on any atom is -0.508 e. The molecule has 0 fully saturated rings. The fourth-order valence-electron chi connectivity index (χ4n) is 2.22. The van der Waals surface area contributed by atoms with Crippen LogP contribution in [0.1, 0.15) is 24.8 Å². The number of carbonyl (C=O) groups is 1. The molecule has 0 spiro atoms. The van der Waals surface area contributed by atoms with Crippen molar-refractivity contribution in [1.29, 1.82) is 0 Å². The number of allylic oxidation sites excluding steroid dienone is 2. The fraction of sp³-hybridized carbons (Fsp3) is 0.308. The van der Waals surface area contributed by atoms with E-state index in [1.807, 2.05) is 12.2 Å². The summed E-state index contributed by atoms with van der Waals surface area (Å²) in [6.45, 7) is 0. The van der Waals surface area contributed by atoms with Crippen LogP contribution in [-0.4, -0.2) is 16.2 Å². The standard InChI is InChI=1S/C13H14O3/c14-11-6-4-5-10(9-11)13(12(15)16)7-2-1-3-8-13/h1-2,4-6,9,14H,3,7-8H2,(H,15,16). The summed E-state index contributed by atoms with van der Waals surface area (Å²) in [5.41, 5.74) is -0.183. The molecule has 0 heterocycles. The number of phenols is 1. The number of phenolic OH excluding ortho intramolecular Hbond substituents is 1. The van der Waals surface area contributed by atoms with E-state index >= 15 is 0 Å². The van der Waals surface area contributed by atoms with Gasteiger partial charge in [0.05, 0.1) is 5.41 Å². The van der Waals surface area contributed by atoms with Crippen LogP contribution in [0, 0.1) is 0 Å². The van der Waals surface area contributed by atoms with Gasteiger partial charge in [0.15, 0.2) is 0 Å². The van der Waals surface area contributed by atoms with Crippen LogP contribution in [0.25, 0.3) is 0 Å². The minimum absolute atomic E-state index is 0.118. The van der Waals surface area contributed by atoms with Gasteiger partial charge in [0.1, 0.15) is 5.75 Å². The van der Waals surface area contributed by atoms with E-state index in [9.17, 15) is 15.0 Å². The normalized spacial score (nSPS) is 24.2. The smallest absolute Gasteiger partial charge is 0.314 e. The first-order valence-corrected chi connectivity index (χ1v) is 5.33. The summed E-state index contributed by atoms with van der Waals surface area (Å²) in [5.74, 6) is -0.699. The van der Waals surface area contributed by atoms with E-state index in [1.54, 1.807) is 24.3 Å². The molecule has 3 nitrogen and oxygen atoms in total. The monoisotopic (exact) mass is 218 g/mol. The van der Waals surface area contributed by atoms with Gasteiger partial charge in [-0.15, -0.1) is 0 Å². The van der Waals surface area contributed by atoms with Crippen molar-refractivity contribution in [1.82, 2.24) is 0 Å². The molecule has 0 radical (unpaired) electrons. The Kier molecular flexibility index (Phi) is 2.69. The molecule has 2 N–H and O–H groups in total. The van der Waals surface area contributed by atoms with Crippen LogP contribution >= 0.6 is 0 Å². The van der Waals surface area contributed by atoms with E-state index in [-0.39, 0.29) is 5.75 Å². The molecule has 0 saturated carbocycles. The Morgan fingerprint density at radius 1 is 1.31 bits per heavy atom. The maximum absolute atomic E-state index is 11.5. The summed E-state index contributed by atoms with van der Waals surface area (Å²) in [7, 11) is 0. The molecule has 1 aromatic carbocycles. The van der Waals surface area contributed by atoms with Gasteiger partial charge in [-0.2, -0.15) is 0 Å². The van der Waals surface area contributed by atoms with Crippen LogP contribution in [0.5, 0.6) is 5.75 Å². The van der Waals surface area contributed by atoms with E-state index < -0.39 is 11.4 Å². The summed E-state index contributed by atoms with van der Waals surface area (Å²) in [5, 5.41) is 18.8. The van der Waals surface area contributed by atoms with Gasteiger partial charge in [0, 0.05) is 0 Å². The maximum Gasteiger partial charge on any atom is 0.314 e. The molecule has 16 heavy (non-hydrogen) atoms. The van der Waals surface area contributed by atoms with Crippen molar-refractivity contribution < 1.29 is 15.0 Å². The third-order valence-electron chi connectivity index (χ3n) is 3.18. The Morgan fingerprint density at radius 2 is 2.12 bits per heavy atom. The largest absolute Gasteiger partial charge is 0.508 e. The summed E-state index contributed by atoms with van der Waals surface area (Å²) >= 11 is 0. The molecule has 2 rings (SSSR count). The van der Waals surface area contributed by atoms with Crippen molar-refractivity contribution in [3.05, 3.63) is 42.0 Å². The average molecular weight is 218 g/mol. The first-order valence-electron chi connectivity index (χ1n) is 5.33. The highest BCUT2D eigenvalue weighted by molar-refractivity contribution is 5.82. The third kappa shape index (κ3) is 1.69. The molecule has 1 aromatic rings. The van der Waals surface area contributed by atoms with Crippen molar-refractivity contribution in [2.24, 2.45) is 0 Å². The lowest BCUT2D eigenvalue weighted by molar-refractivity contribution is -0.144. The lowest BCUT2D eigenvalue weighted by atomic mass is 9.72. The topological polar surface area (TPSA) is 57.5 Å². The maximum atomic E-state index is 11.5. The van der Waals surface area contributed by atoms with E-state index in [4.69, 9.17) is 0 Å². The van der Waals surface area contributed by atoms with Gasteiger partial charge in [0.25, 0.3) is 0 Å². The van der Waals surface area contributed by atoms with Gasteiger partial charge in [-0.05, 0) is 37.0 Å². The summed E-state index contributed by atoms with van der Waals surface area (Å²) in [4.78, 5) is 11.5. The molecule has 0 bridgehead atoms. The number of carboxylic acids is 1. The van der Waals surface area contributed by atoms with E-state index in [0.717, 1.165) is 6.42 Å². The molecule has 0 aromatic heterocycles. The molecule has 1 atom stereocenters. The predicted octanol–water partition coefficient (Wildman–Crippen LogP) is 2.45. The van der Waals surface area contributed by atoms with Gasteiger partial charge in [-0.1, -0.05) is 24.3 Å². The molecular formula is C13H14O3. The second-order valence-corrected chi connectivity index (χ2v) is 4.15. The minimum atomic E-state index is -0.868. The molecule has 0 aliphatic heterocycles. The highest BCUT2D eigenvalue weighted by atomic mass is 16.4. The van der Waals surface area contributed by atoms with Crippen LogP contribution in [0.15, 0.2) is 36.4 Å². The number of carboxylic acid groups (broad SMARTS) is 1. The molecular weight excluding hydrogens is 204 g/mol. The fourth-order valence-corrected chi connectivity index (χ4v) is 2.22. The molecule has 0 amide bonds. The van der Waals surface area contributed by atoms with Crippen molar-refractivity contribution in [2.45, 2.75) is 24.7 Å². The molecule has 84 valence electrons. The predicted molar refractivity (Wildman–Crippen MR) is 60.4 cm³/mol. The molecule has 1 unspecified atom stereocenters. The van der Waals surface area contributed by atoms with Gasteiger partial charge in [-0.3, -0.25) is 4.79 Å². The van der Waals surface area contributed by atoms with Gasteiger partial charge in [-0.25, -0.2) is 0 Å². The van der Waals surface area contributed by atoms with Crippen LogP contribution in [0.2, 0.25) is 0 Å². The highest BCUT2D eigenvalue weighted by Gasteiger charge is 2.39. The zero-order valence-corrected chi connectivity index (χ0v) is 8.89. The number of hydrogen-bond acceptors (Lipinski definition) is 2. The second-order valence-electron chi connectivity index (χ2n) is 4.15. The van der Waals surface area contributed by atoms with E-state index in [0.29, 0.717) is 18.4 Å². The van der Waals surface area contributed by atoms with E-state index in [1.165, 1.54) is 0 Å². The zero-order valence-electron chi connectivity index (χ0n) is 8.89.